The molecule has 0 spiro atoms. The molecule has 0 saturated heterocycles. The zero-order valence-corrected chi connectivity index (χ0v) is 15.4. The molecule has 5 heteroatoms. The summed E-state index contributed by atoms with van der Waals surface area (Å²) in [4.78, 5) is 25.7. The van der Waals surface area contributed by atoms with Crippen molar-refractivity contribution in [1.29, 1.82) is 0 Å². The van der Waals surface area contributed by atoms with E-state index in [1.165, 1.54) is 42.7 Å². The quantitative estimate of drug-likeness (QED) is 0.809. The van der Waals surface area contributed by atoms with Crippen molar-refractivity contribution in [3.05, 3.63) is 40.7 Å². The lowest BCUT2D eigenvalue weighted by atomic mass is 9.88. The van der Waals surface area contributed by atoms with Gasteiger partial charge in [-0.1, -0.05) is 25.3 Å². The number of carbonyl (C=O) groups excluding carboxylic acids is 1. The van der Waals surface area contributed by atoms with Crippen molar-refractivity contribution in [3.63, 3.8) is 0 Å². The summed E-state index contributed by atoms with van der Waals surface area (Å²) < 4.78 is 0. The van der Waals surface area contributed by atoms with E-state index in [-0.39, 0.29) is 11.8 Å². The second kappa shape index (κ2) is 7.65. The molecule has 1 saturated carbocycles. The number of aryl methyl sites for hydroxylation is 2. The van der Waals surface area contributed by atoms with Crippen LogP contribution in [0.2, 0.25) is 0 Å². The minimum Gasteiger partial charge on any atom is -0.283 e. The minimum atomic E-state index is 0.159. The summed E-state index contributed by atoms with van der Waals surface area (Å²) in [5, 5.41) is 0.895. The third-order valence-electron chi connectivity index (χ3n) is 5.35. The summed E-state index contributed by atoms with van der Waals surface area (Å²) >= 11 is 1.73. The zero-order valence-electron chi connectivity index (χ0n) is 14.6. The van der Waals surface area contributed by atoms with E-state index in [1.807, 2.05) is 23.2 Å². The molecule has 132 valence electrons. The second-order valence-electron chi connectivity index (χ2n) is 7.19. The number of aromatic nitrogens is 2. The highest BCUT2D eigenvalue weighted by Crippen LogP contribution is 2.35. The number of hydrogen-bond donors (Lipinski definition) is 0. The molecule has 0 radical (unpaired) electrons. The topological polar surface area (TPSA) is 46.1 Å². The normalized spacial score (nSPS) is 17.9. The van der Waals surface area contributed by atoms with Crippen LogP contribution in [-0.4, -0.2) is 15.9 Å². The van der Waals surface area contributed by atoms with Crippen molar-refractivity contribution in [2.45, 2.75) is 64.3 Å². The van der Waals surface area contributed by atoms with Gasteiger partial charge in [-0.15, -0.1) is 11.3 Å². The van der Waals surface area contributed by atoms with Gasteiger partial charge >= 0.3 is 0 Å². The van der Waals surface area contributed by atoms with Crippen LogP contribution in [0.4, 0.5) is 5.13 Å². The monoisotopic (exact) mass is 355 g/mol. The Hall–Kier alpha value is -1.75. The van der Waals surface area contributed by atoms with Gasteiger partial charge in [0.15, 0.2) is 5.13 Å². The molecule has 2 aliphatic rings. The number of thiazole rings is 1. The summed E-state index contributed by atoms with van der Waals surface area (Å²) in [5.41, 5.74) is 2.29. The van der Waals surface area contributed by atoms with Crippen LogP contribution in [0.15, 0.2) is 24.5 Å². The van der Waals surface area contributed by atoms with Crippen molar-refractivity contribution in [2.24, 2.45) is 5.92 Å². The molecule has 2 aromatic rings. The summed E-state index contributed by atoms with van der Waals surface area (Å²) in [6.07, 6.45) is 13.9. The fourth-order valence-corrected chi connectivity index (χ4v) is 5.09. The smallest absolute Gasteiger partial charge is 0.232 e. The van der Waals surface area contributed by atoms with Crippen molar-refractivity contribution < 1.29 is 4.79 Å². The maximum atomic E-state index is 13.3. The van der Waals surface area contributed by atoms with E-state index in [9.17, 15) is 4.79 Å². The molecular weight excluding hydrogens is 330 g/mol. The second-order valence-corrected chi connectivity index (χ2v) is 8.26. The number of pyridine rings is 1. The number of amides is 1. The molecule has 25 heavy (non-hydrogen) atoms. The standard InChI is InChI=1S/C20H25N3OS/c24-19(16-8-2-1-3-9-16)23(14-15-7-6-12-21-13-15)20-22-17-10-4-5-11-18(17)25-20/h6-7,12-13,16H,1-5,8-11,14H2. The van der Waals surface area contributed by atoms with Crippen LogP contribution in [0, 0.1) is 5.92 Å². The number of anilines is 1. The van der Waals surface area contributed by atoms with Crippen LogP contribution in [0.3, 0.4) is 0 Å². The highest BCUT2D eigenvalue weighted by molar-refractivity contribution is 7.15. The van der Waals surface area contributed by atoms with Crippen molar-refractivity contribution in [1.82, 2.24) is 9.97 Å². The van der Waals surface area contributed by atoms with Gasteiger partial charge in [0.1, 0.15) is 0 Å². The molecule has 0 N–H and O–H groups in total. The first-order valence-electron chi connectivity index (χ1n) is 9.50. The number of rotatable bonds is 4. The first kappa shape index (κ1) is 16.7. The summed E-state index contributed by atoms with van der Waals surface area (Å²) in [6.45, 7) is 0.579. The maximum absolute atomic E-state index is 13.3. The van der Waals surface area contributed by atoms with E-state index in [0.717, 1.165) is 36.4 Å². The van der Waals surface area contributed by atoms with Crippen LogP contribution in [-0.2, 0) is 24.2 Å². The third-order valence-corrected chi connectivity index (χ3v) is 6.53. The number of hydrogen-bond acceptors (Lipinski definition) is 4. The Bertz CT molecular complexity index is 698. The van der Waals surface area contributed by atoms with E-state index in [2.05, 4.69) is 4.98 Å². The molecule has 0 atom stereocenters. The number of fused-ring (bicyclic) bond motifs is 1. The Kier molecular flexibility index (Phi) is 5.11. The molecule has 2 aliphatic carbocycles. The fraction of sp³-hybridized carbons (Fsp3) is 0.550. The van der Waals surface area contributed by atoms with Crippen LogP contribution in [0.25, 0.3) is 0 Å². The molecule has 0 aliphatic heterocycles. The number of carbonyl (C=O) groups is 1. The molecule has 0 unspecified atom stereocenters. The van der Waals surface area contributed by atoms with E-state index < -0.39 is 0 Å². The fourth-order valence-electron chi connectivity index (χ4n) is 3.94. The van der Waals surface area contributed by atoms with Crippen LogP contribution < -0.4 is 4.90 Å². The molecule has 0 bridgehead atoms. The van der Waals surface area contributed by atoms with E-state index >= 15 is 0 Å². The summed E-state index contributed by atoms with van der Waals surface area (Å²) in [6, 6.07) is 3.98. The molecule has 1 amide bonds. The lowest BCUT2D eigenvalue weighted by Gasteiger charge is -2.27. The molecule has 4 rings (SSSR count). The van der Waals surface area contributed by atoms with Gasteiger partial charge in [-0.2, -0.15) is 0 Å². The minimum absolute atomic E-state index is 0.159. The Morgan fingerprint density at radius 3 is 2.76 bits per heavy atom. The van der Waals surface area contributed by atoms with Gasteiger partial charge in [0, 0.05) is 23.2 Å². The average molecular weight is 356 g/mol. The average Bonchev–Trinajstić information content (AvgIpc) is 3.11. The molecule has 2 aromatic heterocycles. The lowest BCUT2D eigenvalue weighted by Crippen LogP contribution is -2.36. The number of nitrogens with zero attached hydrogens (tertiary/aromatic N) is 3. The molecule has 1 fully saturated rings. The summed E-state index contributed by atoms with van der Waals surface area (Å²) in [5.74, 6) is 0.418. The van der Waals surface area contributed by atoms with Gasteiger partial charge in [-0.25, -0.2) is 4.98 Å². The Morgan fingerprint density at radius 1 is 1.16 bits per heavy atom. The van der Waals surface area contributed by atoms with E-state index in [0.29, 0.717) is 6.54 Å². The van der Waals surface area contributed by atoms with Crippen molar-refractivity contribution in [2.75, 3.05) is 4.90 Å². The third kappa shape index (κ3) is 3.76. The van der Waals surface area contributed by atoms with Crippen LogP contribution in [0.1, 0.15) is 61.1 Å². The Balaban J connectivity index is 1.62. The van der Waals surface area contributed by atoms with E-state index in [4.69, 9.17) is 4.98 Å². The first-order chi connectivity index (χ1) is 12.3. The van der Waals surface area contributed by atoms with Gasteiger partial charge in [0.05, 0.1) is 12.2 Å². The highest BCUT2D eigenvalue weighted by atomic mass is 32.1. The molecule has 0 aromatic carbocycles. The lowest BCUT2D eigenvalue weighted by molar-refractivity contribution is -0.123. The predicted molar refractivity (Wildman–Crippen MR) is 101 cm³/mol. The van der Waals surface area contributed by atoms with Gasteiger partial charge < -0.3 is 0 Å². The molecular formula is C20H25N3OS. The Labute approximate surface area is 153 Å². The first-order valence-corrected chi connectivity index (χ1v) is 10.3. The van der Waals surface area contributed by atoms with Crippen molar-refractivity contribution >= 4 is 22.4 Å². The highest BCUT2D eigenvalue weighted by Gasteiger charge is 2.30. The Morgan fingerprint density at radius 2 is 2.00 bits per heavy atom. The molecule has 2 heterocycles. The maximum Gasteiger partial charge on any atom is 0.232 e. The van der Waals surface area contributed by atoms with Gasteiger partial charge in [0.2, 0.25) is 5.91 Å². The van der Waals surface area contributed by atoms with Crippen LogP contribution >= 0.6 is 11.3 Å². The summed E-state index contributed by atoms with van der Waals surface area (Å²) in [7, 11) is 0. The zero-order chi connectivity index (χ0) is 17.1. The van der Waals surface area contributed by atoms with Crippen LogP contribution in [0.5, 0.6) is 0 Å². The molecule has 4 nitrogen and oxygen atoms in total. The predicted octanol–water partition coefficient (Wildman–Crippen LogP) is 4.53. The van der Waals surface area contributed by atoms with Gasteiger partial charge in [0.25, 0.3) is 0 Å². The van der Waals surface area contributed by atoms with Crippen molar-refractivity contribution in [3.8, 4) is 0 Å². The van der Waals surface area contributed by atoms with Gasteiger partial charge in [-0.3, -0.25) is 14.7 Å². The van der Waals surface area contributed by atoms with E-state index in [1.54, 1.807) is 17.5 Å². The SMILES string of the molecule is O=C(C1CCCCC1)N(Cc1cccnc1)c1nc2c(s1)CCCC2. The van der Waals surface area contributed by atoms with Gasteiger partial charge in [-0.05, 0) is 50.2 Å². The largest absolute Gasteiger partial charge is 0.283 e.